The minimum Gasteiger partial charge on any atom is -0.484 e. The largest absolute Gasteiger partial charge is 0.484 e. The summed E-state index contributed by atoms with van der Waals surface area (Å²) in [5, 5.41) is 6.12. The Hall–Kier alpha value is -2.67. The van der Waals surface area contributed by atoms with Crippen molar-refractivity contribution in [2.24, 2.45) is 0 Å². The van der Waals surface area contributed by atoms with Crippen LogP contribution in [0.15, 0.2) is 40.2 Å². The average Bonchev–Trinajstić information content (AvgIpc) is 3.39. The number of carbonyl (C=O) groups excluding carboxylic acids is 1. The molecule has 1 aromatic carbocycles. The molecule has 1 aliphatic heterocycles. The van der Waals surface area contributed by atoms with Crippen molar-refractivity contribution in [2.45, 2.75) is 39.2 Å². The van der Waals surface area contributed by atoms with Crippen LogP contribution in [0.4, 0.5) is 0 Å². The number of fused-ring (bicyclic) bond motifs is 1. The first kappa shape index (κ1) is 18.7. The lowest BCUT2D eigenvalue weighted by Gasteiger charge is -2.26. The summed E-state index contributed by atoms with van der Waals surface area (Å²) in [6.07, 6.45) is 3.86. The predicted octanol–water partition coefficient (Wildman–Crippen LogP) is 4.10. The van der Waals surface area contributed by atoms with Gasteiger partial charge in [-0.25, -0.2) is 0 Å². The molecule has 0 radical (unpaired) electrons. The van der Waals surface area contributed by atoms with E-state index in [0.29, 0.717) is 24.0 Å². The highest BCUT2D eigenvalue weighted by Crippen LogP contribution is 2.24. The van der Waals surface area contributed by atoms with Gasteiger partial charge in [-0.1, -0.05) is 18.5 Å². The molecule has 0 atom stereocenters. The quantitative estimate of drug-likeness (QED) is 0.600. The highest BCUT2D eigenvalue weighted by molar-refractivity contribution is 7.10. The Kier molecular flexibility index (Phi) is 5.71. The smallest absolute Gasteiger partial charge is 0.260 e. The van der Waals surface area contributed by atoms with E-state index in [0.717, 1.165) is 37.8 Å². The van der Waals surface area contributed by atoms with Gasteiger partial charge < -0.3 is 14.2 Å². The molecule has 0 saturated carbocycles. The van der Waals surface area contributed by atoms with E-state index < -0.39 is 0 Å². The van der Waals surface area contributed by atoms with Gasteiger partial charge in [0.05, 0.1) is 0 Å². The zero-order chi connectivity index (χ0) is 19.3. The van der Waals surface area contributed by atoms with E-state index in [1.165, 1.54) is 10.4 Å². The molecule has 1 aliphatic rings. The number of rotatable bonds is 7. The molecule has 0 spiro atoms. The Morgan fingerprint density at radius 2 is 2.14 bits per heavy atom. The van der Waals surface area contributed by atoms with Crippen molar-refractivity contribution in [1.29, 1.82) is 0 Å². The maximum atomic E-state index is 12.5. The third-order valence-corrected chi connectivity index (χ3v) is 5.87. The van der Waals surface area contributed by atoms with Crippen LogP contribution in [0, 0.1) is 0 Å². The SMILES string of the molecule is CCCCc1nc(-c2ccc(OCC(=O)N3CCc4sccc4C3)cc2)no1. The first-order valence-electron chi connectivity index (χ1n) is 9.62. The van der Waals surface area contributed by atoms with Crippen LogP contribution < -0.4 is 4.74 Å². The van der Waals surface area contributed by atoms with Crippen molar-refractivity contribution >= 4 is 17.2 Å². The fourth-order valence-electron chi connectivity index (χ4n) is 3.20. The number of carbonyl (C=O) groups is 1. The van der Waals surface area contributed by atoms with E-state index >= 15 is 0 Å². The summed E-state index contributed by atoms with van der Waals surface area (Å²) in [6.45, 7) is 3.61. The van der Waals surface area contributed by atoms with Crippen molar-refractivity contribution in [3.63, 3.8) is 0 Å². The predicted molar refractivity (Wildman–Crippen MR) is 107 cm³/mol. The van der Waals surface area contributed by atoms with E-state index in [-0.39, 0.29) is 12.5 Å². The molecule has 3 heterocycles. The van der Waals surface area contributed by atoms with Crippen LogP contribution >= 0.6 is 11.3 Å². The molecule has 4 rings (SSSR count). The van der Waals surface area contributed by atoms with E-state index in [9.17, 15) is 4.79 Å². The van der Waals surface area contributed by atoms with Crippen molar-refractivity contribution in [3.8, 4) is 17.1 Å². The third kappa shape index (κ3) is 4.25. The Labute approximate surface area is 168 Å². The number of ether oxygens (including phenoxy) is 1. The molecule has 28 heavy (non-hydrogen) atoms. The molecule has 0 saturated heterocycles. The highest BCUT2D eigenvalue weighted by atomic mass is 32.1. The number of hydrogen-bond donors (Lipinski definition) is 0. The summed E-state index contributed by atoms with van der Waals surface area (Å²) >= 11 is 1.77. The molecular weight excluding hydrogens is 374 g/mol. The third-order valence-electron chi connectivity index (χ3n) is 4.85. The lowest BCUT2D eigenvalue weighted by Crippen LogP contribution is -2.38. The van der Waals surface area contributed by atoms with Gasteiger partial charge in [-0.2, -0.15) is 4.98 Å². The minimum absolute atomic E-state index is 0.0136. The summed E-state index contributed by atoms with van der Waals surface area (Å²) in [6, 6.07) is 9.53. The van der Waals surface area contributed by atoms with Crippen molar-refractivity contribution in [2.75, 3.05) is 13.2 Å². The van der Waals surface area contributed by atoms with Gasteiger partial charge in [0.1, 0.15) is 5.75 Å². The molecule has 146 valence electrons. The van der Waals surface area contributed by atoms with Crippen LogP contribution in [0.2, 0.25) is 0 Å². The second-order valence-electron chi connectivity index (χ2n) is 6.86. The molecule has 7 heteroatoms. The van der Waals surface area contributed by atoms with Crippen LogP contribution in [0.5, 0.6) is 5.75 Å². The first-order valence-corrected chi connectivity index (χ1v) is 10.5. The van der Waals surface area contributed by atoms with Crippen LogP contribution in [-0.4, -0.2) is 34.1 Å². The zero-order valence-electron chi connectivity index (χ0n) is 15.9. The molecular formula is C21H23N3O3S. The van der Waals surface area contributed by atoms with Gasteiger partial charge in [-0.05, 0) is 54.1 Å². The van der Waals surface area contributed by atoms with E-state index in [1.807, 2.05) is 29.2 Å². The summed E-state index contributed by atoms with van der Waals surface area (Å²) in [4.78, 5) is 20.1. The Balaban J connectivity index is 1.31. The Morgan fingerprint density at radius 3 is 2.96 bits per heavy atom. The number of nitrogens with zero attached hydrogens (tertiary/aromatic N) is 3. The topological polar surface area (TPSA) is 68.5 Å². The number of aryl methyl sites for hydroxylation is 1. The summed E-state index contributed by atoms with van der Waals surface area (Å²) in [5.74, 6) is 1.91. The number of unbranched alkanes of at least 4 members (excludes halogenated alkanes) is 1. The summed E-state index contributed by atoms with van der Waals surface area (Å²) in [7, 11) is 0. The monoisotopic (exact) mass is 397 g/mol. The zero-order valence-corrected chi connectivity index (χ0v) is 16.7. The Bertz CT molecular complexity index is 933. The van der Waals surface area contributed by atoms with Crippen LogP contribution in [0.25, 0.3) is 11.4 Å². The summed E-state index contributed by atoms with van der Waals surface area (Å²) in [5.41, 5.74) is 2.12. The standard InChI is InChI=1S/C21H23N3O3S/c1-2-3-4-19-22-21(23-27-19)15-5-7-17(8-6-15)26-14-20(25)24-11-9-18-16(13-24)10-12-28-18/h5-8,10,12H,2-4,9,11,13-14H2,1H3. The van der Waals surface area contributed by atoms with Crippen LogP contribution in [-0.2, 0) is 24.2 Å². The maximum Gasteiger partial charge on any atom is 0.260 e. The molecule has 0 aliphatic carbocycles. The number of aromatic nitrogens is 2. The van der Waals surface area contributed by atoms with Crippen LogP contribution in [0.3, 0.4) is 0 Å². The van der Waals surface area contributed by atoms with E-state index in [1.54, 1.807) is 11.3 Å². The highest BCUT2D eigenvalue weighted by Gasteiger charge is 2.21. The van der Waals surface area contributed by atoms with Gasteiger partial charge in [0.25, 0.3) is 5.91 Å². The fraction of sp³-hybridized carbons (Fsp3) is 0.381. The van der Waals surface area contributed by atoms with E-state index in [4.69, 9.17) is 9.26 Å². The molecule has 2 aromatic heterocycles. The molecule has 0 bridgehead atoms. The fourth-order valence-corrected chi connectivity index (χ4v) is 4.09. The van der Waals surface area contributed by atoms with Crippen LogP contribution in [0.1, 0.15) is 36.1 Å². The van der Waals surface area contributed by atoms with Gasteiger partial charge in [0.15, 0.2) is 6.61 Å². The van der Waals surface area contributed by atoms with Gasteiger partial charge >= 0.3 is 0 Å². The normalized spacial score (nSPS) is 13.4. The number of benzene rings is 1. The van der Waals surface area contributed by atoms with Crippen molar-refractivity contribution < 1.29 is 14.1 Å². The first-order chi connectivity index (χ1) is 13.7. The van der Waals surface area contributed by atoms with Gasteiger partial charge in [0, 0.05) is 30.0 Å². The molecule has 0 N–H and O–H groups in total. The summed E-state index contributed by atoms with van der Waals surface area (Å²) < 4.78 is 11.0. The maximum absolute atomic E-state index is 12.5. The molecule has 6 nitrogen and oxygen atoms in total. The number of amides is 1. The minimum atomic E-state index is 0.0136. The average molecular weight is 398 g/mol. The van der Waals surface area contributed by atoms with Gasteiger partial charge in [-0.15, -0.1) is 11.3 Å². The number of hydrogen-bond acceptors (Lipinski definition) is 6. The van der Waals surface area contributed by atoms with Gasteiger partial charge in [0.2, 0.25) is 11.7 Å². The Morgan fingerprint density at radius 1 is 1.29 bits per heavy atom. The van der Waals surface area contributed by atoms with Gasteiger partial charge in [-0.3, -0.25) is 4.79 Å². The molecule has 0 unspecified atom stereocenters. The van der Waals surface area contributed by atoms with E-state index in [2.05, 4.69) is 28.5 Å². The molecule has 3 aromatic rings. The second-order valence-corrected chi connectivity index (χ2v) is 7.86. The van der Waals surface area contributed by atoms with Crippen molar-refractivity contribution in [1.82, 2.24) is 15.0 Å². The molecule has 1 amide bonds. The van der Waals surface area contributed by atoms with Crippen molar-refractivity contribution in [3.05, 3.63) is 52.0 Å². The lowest BCUT2D eigenvalue weighted by molar-refractivity contribution is -0.134. The lowest BCUT2D eigenvalue weighted by atomic mass is 10.1. The number of thiophene rings is 1. The second kappa shape index (κ2) is 8.56. The molecule has 0 fully saturated rings.